The molecule has 0 aliphatic carbocycles. The van der Waals surface area contributed by atoms with E-state index in [1.807, 2.05) is 19.1 Å². The van der Waals surface area contributed by atoms with Gasteiger partial charge in [-0.15, -0.1) is 0 Å². The van der Waals surface area contributed by atoms with Gasteiger partial charge in [-0.3, -0.25) is 9.10 Å². The topological polar surface area (TPSA) is 75.7 Å². The third-order valence-electron chi connectivity index (χ3n) is 4.89. The average Bonchev–Trinajstić information content (AvgIpc) is 2.78. The molecule has 0 atom stereocenters. The first kappa shape index (κ1) is 23.3. The van der Waals surface area contributed by atoms with Crippen molar-refractivity contribution in [3.8, 4) is 5.75 Å². The fourth-order valence-corrected chi connectivity index (χ4v) is 4.66. The normalized spacial score (nSPS) is 11.2. The number of nitrogens with one attached hydrogen (secondary N) is 1. The Morgan fingerprint density at radius 2 is 1.66 bits per heavy atom. The summed E-state index contributed by atoms with van der Waals surface area (Å²) in [5.74, 6) is 0.485. The second-order valence-corrected chi connectivity index (χ2v) is 9.44. The Morgan fingerprint density at radius 1 is 0.969 bits per heavy atom. The SMILES string of the molecule is CCOc1cccc(NC(=O)CN(c2ccc(C(C)C)cc2)S(=O)(=O)c2ccccc2)c1. The fraction of sp³-hybridized carbons (Fsp3) is 0.240. The molecule has 0 bridgehead atoms. The molecule has 0 aromatic heterocycles. The van der Waals surface area contributed by atoms with Crippen molar-refractivity contribution in [3.05, 3.63) is 84.4 Å². The highest BCUT2D eigenvalue weighted by Crippen LogP contribution is 2.26. The van der Waals surface area contributed by atoms with Gasteiger partial charge in [-0.2, -0.15) is 0 Å². The zero-order chi connectivity index (χ0) is 23.1. The van der Waals surface area contributed by atoms with Crippen molar-refractivity contribution in [2.75, 3.05) is 22.8 Å². The van der Waals surface area contributed by atoms with Crippen LogP contribution in [0.1, 0.15) is 32.3 Å². The molecule has 7 heteroatoms. The maximum absolute atomic E-state index is 13.4. The molecule has 3 rings (SSSR count). The summed E-state index contributed by atoms with van der Waals surface area (Å²) >= 11 is 0. The second kappa shape index (κ2) is 10.3. The Labute approximate surface area is 189 Å². The molecule has 0 fully saturated rings. The van der Waals surface area contributed by atoms with E-state index in [1.54, 1.807) is 54.6 Å². The molecule has 1 amide bonds. The lowest BCUT2D eigenvalue weighted by Gasteiger charge is -2.24. The Bertz CT molecular complexity index is 1140. The third-order valence-corrected chi connectivity index (χ3v) is 6.68. The molecule has 0 unspecified atom stereocenters. The minimum atomic E-state index is -3.94. The van der Waals surface area contributed by atoms with Gasteiger partial charge in [-0.1, -0.05) is 50.2 Å². The minimum absolute atomic E-state index is 0.124. The Hall–Kier alpha value is -3.32. The largest absolute Gasteiger partial charge is 0.494 e. The molecular weight excluding hydrogens is 424 g/mol. The zero-order valence-corrected chi connectivity index (χ0v) is 19.3. The van der Waals surface area contributed by atoms with Gasteiger partial charge in [-0.05, 0) is 54.8 Å². The van der Waals surface area contributed by atoms with Crippen LogP contribution in [0.4, 0.5) is 11.4 Å². The first-order valence-electron chi connectivity index (χ1n) is 10.5. The van der Waals surface area contributed by atoms with Crippen LogP contribution in [0.5, 0.6) is 5.75 Å². The maximum atomic E-state index is 13.4. The number of sulfonamides is 1. The molecule has 3 aromatic rings. The van der Waals surface area contributed by atoms with Crippen LogP contribution in [0.25, 0.3) is 0 Å². The summed E-state index contributed by atoms with van der Waals surface area (Å²) in [6.45, 7) is 6.15. The summed E-state index contributed by atoms with van der Waals surface area (Å²) in [5.41, 5.74) is 2.05. The molecule has 1 N–H and O–H groups in total. The Morgan fingerprint density at radius 3 is 2.28 bits per heavy atom. The van der Waals surface area contributed by atoms with Crippen molar-refractivity contribution >= 4 is 27.3 Å². The van der Waals surface area contributed by atoms with Crippen molar-refractivity contribution in [1.82, 2.24) is 0 Å². The Kier molecular flexibility index (Phi) is 7.53. The molecule has 0 saturated carbocycles. The van der Waals surface area contributed by atoms with E-state index < -0.39 is 15.9 Å². The molecule has 6 nitrogen and oxygen atoms in total. The van der Waals surface area contributed by atoms with Gasteiger partial charge in [0.05, 0.1) is 17.2 Å². The van der Waals surface area contributed by atoms with E-state index in [0.717, 1.165) is 9.87 Å². The van der Waals surface area contributed by atoms with Gasteiger partial charge in [0.15, 0.2) is 0 Å². The standard InChI is InChI=1S/C25H28N2O4S/c1-4-31-23-10-8-9-21(17-23)26-25(28)18-27(22-15-13-20(14-16-22)19(2)3)32(29,30)24-11-6-5-7-12-24/h5-17,19H,4,18H2,1-3H3,(H,26,28). The molecule has 0 saturated heterocycles. The van der Waals surface area contributed by atoms with Crippen LogP contribution in [-0.4, -0.2) is 27.5 Å². The van der Waals surface area contributed by atoms with Crippen LogP contribution in [0, 0.1) is 0 Å². The van der Waals surface area contributed by atoms with Crippen molar-refractivity contribution < 1.29 is 17.9 Å². The van der Waals surface area contributed by atoms with E-state index in [9.17, 15) is 13.2 Å². The van der Waals surface area contributed by atoms with Crippen molar-refractivity contribution in [3.63, 3.8) is 0 Å². The first-order valence-corrected chi connectivity index (χ1v) is 12.0. The van der Waals surface area contributed by atoms with Crippen molar-refractivity contribution in [2.24, 2.45) is 0 Å². The van der Waals surface area contributed by atoms with Gasteiger partial charge >= 0.3 is 0 Å². The van der Waals surface area contributed by atoms with Gasteiger partial charge in [-0.25, -0.2) is 8.42 Å². The zero-order valence-electron chi connectivity index (χ0n) is 18.5. The quantitative estimate of drug-likeness (QED) is 0.493. The van der Waals surface area contributed by atoms with Crippen molar-refractivity contribution in [2.45, 2.75) is 31.6 Å². The molecule has 0 aliphatic rings. The summed E-state index contributed by atoms with van der Waals surface area (Å²) < 4.78 is 33.4. The molecule has 0 spiro atoms. The van der Waals surface area contributed by atoms with Gasteiger partial charge in [0, 0.05) is 11.8 Å². The molecule has 3 aromatic carbocycles. The van der Waals surface area contributed by atoms with Crippen LogP contribution in [0.3, 0.4) is 0 Å². The predicted molar refractivity (Wildman–Crippen MR) is 128 cm³/mol. The number of nitrogens with zero attached hydrogens (tertiary/aromatic N) is 1. The second-order valence-electron chi connectivity index (χ2n) is 7.58. The van der Waals surface area contributed by atoms with Gasteiger partial charge < -0.3 is 10.1 Å². The number of hydrogen-bond acceptors (Lipinski definition) is 4. The number of hydrogen-bond donors (Lipinski definition) is 1. The Balaban J connectivity index is 1.90. The molecular formula is C25H28N2O4S. The van der Waals surface area contributed by atoms with Crippen LogP contribution in [-0.2, 0) is 14.8 Å². The van der Waals surface area contributed by atoms with Gasteiger partial charge in [0.1, 0.15) is 12.3 Å². The van der Waals surface area contributed by atoms with E-state index in [-0.39, 0.29) is 11.4 Å². The predicted octanol–water partition coefficient (Wildman–Crippen LogP) is 5.04. The van der Waals surface area contributed by atoms with E-state index in [2.05, 4.69) is 19.2 Å². The van der Waals surface area contributed by atoms with Gasteiger partial charge in [0.25, 0.3) is 10.0 Å². The average molecular weight is 453 g/mol. The van der Waals surface area contributed by atoms with E-state index in [4.69, 9.17) is 4.74 Å². The summed E-state index contributed by atoms with van der Waals surface area (Å²) in [6.07, 6.45) is 0. The first-order chi connectivity index (χ1) is 15.3. The lowest BCUT2D eigenvalue weighted by atomic mass is 10.0. The highest BCUT2D eigenvalue weighted by atomic mass is 32.2. The van der Waals surface area contributed by atoms with E-state index >= 15 is 0 Å². The smallest absolute Gasteiger partial charge is 0.264 e. The van der Waals surface area contributed by atoms with Crippen LogP contribution in [0.15, 0.2) is 83.8 Å². The van der Waals surface area contributed by atoms with Crippen LogP contribution >= 0.6 is 0 Å². The highest BCUT2D eigenvalue weighted by Gasteiger charge is 2.27. The lowest BCUT2D eigenvalue weighted by Crippen LogP contribution is -2.38. The third kappa shape index (κ3) is 5.68. The lowest BCUT2D eigenvalue weighted by molar-refractivity contribution is -0.114. The molecule has 0 radical (unpaired) electrons. The number of anilines is 2. The van der Waals surface area contributed by atoms with Crippen LogP contribution in [0.2, 0.25) is 0 Å². The number of ether oxygens (including phenoxy) is 1. The number of carbonyl (C=O) groups excluding carboxylic acids is 1. The summed E-state index contributed by atoms with van der Waals surface area (Å²) in [4.78, 5) is 13.0. The van der Waals surface area contributed by atoms with Crippen molar-refractivity contribution in [1.29, 1.82) is 0 Å². The molecule has 0 heterocycles. The molecule has 32 heavy (non-hydrogen) atoms. The molecule has 168 valence electrons. The molecule has 0 aliphatic heterocycles. The number of carbonyl (C=O) groups is 1. The minimum Gasteiger partial charge on any atom is -0.494 e. The maximum Gasteiger partial charge on any atom is 0.264 e. The number of rotatable bonds is 9. The summed E-state index contributed by atoms with van der Waals surface area (Å²) in [5, 5.41) is 2.77. The van der Waals surface area contributed by atoms with Gasteiger partial charge in [0.2, 0.25) is 5.91 Å². The van der Waals surface area contributed by atoms with E-state index in [0.29, 0.717) is 29.6 Å². The fourth-order valence-electron chi connectivity index (χ4n) is 3.22. The van der Waals surface area contributed by atoms with E-state index in [1.165, 1.54) is 12.1 Å². The van der Waals surface area contributed by atoms with Crippen LogP contribution < -0.4 is 14.4 Å². The number of benzene rings is 3. The summed E-state index contributed by atoms with van der Waals surface area (Å²) in [6, 6.07) is 22.3. The monoisotopic (exact) mass is 452 g/mol. The highest BCUT2D eigenvalue weighted by molar-refractivity contribution is 7.92. The number of amides is 1. The summed E-state index contributed by atoms with van der Waals surface area (Å²) in [7, 11) is -3.94.